The van der Waals surface area contributed by atoms with Crippen LogP contribution < -0.4 is 10.6 Å². The number of aliphatic carboxylic acids is 1. The van der Waals surface area contributed by atoms with Gasteiger partial charge in [-0.2, -0.15) is 0 Å². The van der Waals surface area contributed by atoms with Crippen molar-refractivity contribution in [3.05, 3.63) is 35.9 Å². The molecule has 31 heavy (non-hydrogen) atoms. The van der Waals surface area contributed by atoms with Gasteiger partial charge in [0.2, 0.25) is 5.91 Å². The first-order chi connectivity index (χ1) is 14.5. The number of ether oxygens (including phenoxy) is 2. The van der Waals surface area contributed by atoms with Crippen molar-refractivity contribution in [2.45, 2.75) is 57.9 Å². The number of hydrogen-bond donors (Lipinski definition) is 3. The fourth-order valence-corrected chi connectivity index (χ4v) is 2.61. The van der Waals surface area contributed by atoms with Crippen molar-refractivity contribution in [3.8, 4) is 0 Å². The number of alkyl carbamates (subject to hydrolysis) is 1. The van der Waals surface area contributed by atoms with Crippen molar-refractivity contribution >= 4 is 39.7 Å². The Kier molecular flexibility index (Phi) is 11.2. The van der Waals surface area contributed by atoms with Crippen LogP contribution in [0, 0.1) is 0 Å². The molecule has 0 bridgehead atoms. The zero-order chi connectivity index (χ0) is 23.4. The number of rotatable bonds is 12. The van der Waals surface area contributed by atoms with Gasteiger partial charge in [-0.05, 0) is 32.8 Å². The van der Waals surface area contributed by atoms with E-state index in [1.54, 1.807) is 45.0 Å². The second-order valence-electron chi connectivity index (χ2n) is 7.79. The molecule has 2 atom stereocenters. The van der Waals surface area contributed by atoms with Crippen molar-refractivity contribution in [1.29, 1.82) is 0 Å². The van der Waals surface area contributed by atoms with Crippen molar-refractivity contribution in [1.82, 2.24) is 10.6 Å². The quantitative estimate of drug-likeness (QED) is 0.375. The first kappa shape index (κ1) is 26.6. The van der Waals surface area contributed by atoms with Crippen LogP contribution in [0.25, 0.3) is 0 Å². The SMILES string of the molecule is CC(C)(C)OCC(NC(=O)OCc1ccccc1)C(=O)NC(CCC(=O)CBr)C(=O)O. The van der Waals surface area contributed by atoms with Gasteiger partial charge in [-0.3, -0.25) is 9.59 Å². The molecule has 0 aliphatic carbocycles. The number of carboxylic acids is 1. The molecule has 10 heteroatoms. The molecule has 0 fully saturated rings. The highest BCUT2D eigenvalue weighted by Crippen LogP contribution is 2.09. The Labute approximate surface area is 190 Å². The lowest BCUT2D eigenvalue weighted by molar-refractivity contribution is -0.143. The molecule has 9 nitrogen and oxygen atoms in total. The normalized spacial score (nSPS) is 13.0. The maximum Gasteiger partial charge on any atom is 0.408 e. The second kappa shape index (κ2) is 13.1. The number of halogens is 1. The van der Waals surface area contributed by atoms with E-state index in [1.807, 2.05) is 6.07 Å². The minimum atomic E-state index is -1.28. The lowest BCUT2D eigenvalue weighted by Gasteiger charge is -2.25. The van der Waals surface area contributed by atoms with E-state index in [-0.39, 0.29) is 37.2 Å². The minimum absolute atomic E-state index is 0.00749. The van der Waals surface area contributed by atoms with Gasteiger partial charge < -0.3 is 25.2 Å². The zero-order valence-corrected chi connectivity index (χ0v) is 19.4. The molecule has 1 aromatic carbocycles. The monoisotopic (exact) mass is 500 g/mol. The summed E-state index contributed by atoms with van der Waals surface area (Å²) < 4.78 is 10.7. The zero-order valence-electron chi connectivity index (χ0n) is 17.9. The number of alkyl halides is 1. The van der Waals surface area contributed by atoms with Crippen LogP contribution in [0.2, 0.25) is 0 Å². The summed E-state index contributed by atoms with van der Waals surface area (Å²) >= 11 is 3.01. The molecule has 0 saturated heterocycles. The number of carbonyl (C=O) groups is 4. The summed E-state index contributed by atoms with van der Waals surface area (Å²) in [4.78, 5) is 47.8. The van der Waals surface area contributed by atoms with Crippen LogP contribution in [0.3, 0.4) is 0 Å². The molecule has 0 aliphatic heterocycles. The molecule has 0 aliphatic rings. The molecule has 2 unspecified atom stereocenters. The minimum Gasteiger partial charge on any atom is -0.480 e. The van der Waals surface area contributed by atoms with Crippen LogP contribution in [-0.4, -0.2) is 58.5 Å². The third-order valence-electron chi connectivity index (χ3n) is 3.98. The average molecular weight is 501 g/mol. The summed E-state index contributed by atoms with van der Waals surface area (Å²) in [6.07, 6.45) is -0.933. The molecule has 0 heterocycles. The van der Waals surface area contributed by atoms with Gasteiger partial charge in [-0.1, -0.05) is 46.3 Å². The molecule has 1 rings (SSSR count). The van der Waals surface area contributed by atoms with Gasteiger partial charge in [-0.25, -0.2) is 9.59 Å². The highest BCUT2D eigenvalue weighted by molar-refractivity contribution is 9.09. The van der Waals surface area contributed by atoms with Crippen LogP contribution >= 0.6 is 15.9 Å². The van der Waals surface area contributed by atoms with E-state index in [0.717, 1.165) is 5.56 Å². The van der Waals surface area contributed by atoms with E-state index in [2.05, 4.69) is 26.6 Å². The topological polar surface area (TPSA) is 131 Å². The van der Waals surface area contributed by atoms with E-state index in [4.69, 9.17) is 9.47 Å². The number of benzene rings is 1. The smallest absolute Gasteiger partial charge is 0.408 e. The number of nitrogens with one attached hydrogen (secondary N) is 2. The second-order valence-corrected chi connectivity index (χ2v) is 8.35. The number of carbonyl (C=O) groups excluding carboxylic acids is 3. The van der Waals surface area contributed by atoms with Crippen molar-refractivity contribution in [2.75, 3.05) is 11.9 Å². The Balaban J connectivity index is 2.76. The Morgan fingerprint density at radius 3 is 2.26 bits per heavy atom. The maximum absolute atomic E-state index is 12.7. The van der Waals surface area contributed by atoms with Crippen LogP contribution in [0.5, 0.6) is 0 Å². The number of Topliss-reactive ketones (excluding diaryl/α,β-unsaturated/α-hetero) is 1. The molecule has 2 amide bonds. The lowest BCUT2D eigenvalue weighted by atomic mass is 10.1. The summed E-state index contributed by atoms with van der Waals surface area (Å²) in [7, 11) is 0. The van der Waals surface area contributed by atoms with Crippen LogP contribution in [0.15, 0.2) is 30.3 Å². The predicted octanol–water partition coefficient (Wildman–Crippen LogP) is 2.41. The molecule has 172 valence electrons. The van der Waals surface area contributed by atoms with Crippen LogP contribution in [0.1, 0.15) is 39.2 Å². The Bertz CT molecular complexity index is 750. The Morgan fingerprint density at radius 2 is 1.71 bits per heavy atom. The fraction of sp³-hybridized carbons (Fsp3) is 0.524. The summed E-state index contributed by atoms with van der Waals surface area (Å²) in [5.74, 6) is -2.21. The van der Waals surface area contributed by atoms with Gasteiger partial charge in [0, 0.05) is 6.42 Å². The van der Waals surface area contributed by atoms with Gasteiger partial charge in [0.05, 0.1) is 17.5 Å². The standard InChI is InChI=1S/C21H29BrN2O7/c1-21(2,3)31-13-17(24-20(29)30-12-14-7-5-4-6-8-14)18(26)23-16(19(27)28)10-9-15(25)11-22/h4-8,16-17H,9-13H2,1-3H3,(H,23,26)(H,24,29)(H,27,28). The van der Waals surface area contributed by atoms with Gasteiger partial charge in [0.1, 0.15) is 24.5 Å². The summed E-state index contributed by atoms with van der Waals surface area (Å²) in [5, 5.41) is 14.2. The molecule has 3 N–H and O–H groups in total. The van der Waals surface area contributed by atoms with E-state index in [0.29, 0.717) is 0 Å². The third kappa shape index (κ3) is 11.5. The van der Waals surface area contributed by atoms with Crippen molar-refractivity contribution in [3.63, 3.8) is 0 Å². The van der Waals surface area contributed by atoms with Gasteiger partial charge in [0.25, 0.3) is 0 Å². The van der Waals surface area contributed by atoms with Crippen molar-refractivity contribution < 1.29 is 33.8 Å². The van der Waals surface area contributed by atoms with Gasteiger partial charge in [-0.15, -0.1) is 0 Å². The molecular formula is C21H29BrN2O7. The first-order valence-electron chi connectivity index (χ1n) is 9.74. The molecular weight excluding hydrogens is 472 g/mol. The van der Waals surface area contributed by atoms with E-state index >= 15 is 0 Å². The third-order valence-corrected chi connectivity index (χ3v) is 4.61. The van der Waals surface area contributed by atoms with Crippen LogP contribution in [-0.2, 0) is 30.5 Å². The maximum atomic E-state index is 12.7. The predicted molar refractivity (Wildman–Crippen MR) is 117 cm³/mol. The van der Waals surface area contributed by atoms with E-state index in [1.165, 1.54) is 0 Å². The Hall–Kier alpha value is -2.46. The van der Waals surface area contributed by atoms with Crippen LogP contribution in [0.4, 0.5) is 4.79 Å². The van der Waals surface area contributed by atoms with Gasteiger partial charge >= 0.3 is 12.1 Å². The lowest BCUT2D eigenvalue weighted by Crippen LogP contribution is -2.54. The largest absolute Gasteiger partial charge is 0.480 e. The van der Waals surface area contributed by atoms with Crippen molar-refractivity contribution in [2.24, 2.45) is 0 Å². The number of carboxylic acid groups (broad SMARTS) is 1. The molecule has 0 radical (unpaired) electrons. The summed E-state index contributed by atoms with van der Waals surface area (Å²) in [6.45, 7) is 5.15. The van der Waals surface area contributed by atoms with E-state index in [9.17, 15) is 24.3 Å². The molecule has 1 aromatic rings. The number of hydrogen-bond acceptors (Lipinski definition) is 6. The Morgan fingerprint density at radius 1 is 1.06 bits per heavy atom. The summed E-state index contributed by atoms with van der Waals surface area (Å²) in [5.41, 5.74) is 0.176. The fourth-order valence-electron chi connectivity index (χ4n) is 2.33. The number of ketones is 1. The summed E-state index contributed by atoms with van der Waals surface area (Å²) in [6, 6.07) is 6.54. The average Bonchev–Trinajstić information content (AvgIpc) is 2.71. The number of amides is 2. The van der Waals surface area contributed by atoms with E-state index < -0.39 is 35.7 Å². The molecule has 0 saturated carbocycles. The molecule has 0 spiro atoms. The molecule has 0 aromatic heterocycles. The highest BCUT2D eigenvalue weighted by Gasteiger charge is 2.29. The first-order valence-corrected chi connectivity index (χ1v) is 10.9. The van der Waals surface area contributed by atoms with Gasteiger partial charge in [0.15, 0.2) is 0 Å². The highest BCUT2D eigenvalue weighted by atomic mass is 79.9.